The van der Waals surface area contributed by atoms with Gasteiger partial charge in [-0.2, -0.15) is 0 Å². The number of amidine groups is 1. The number of rotatable bonds is 7. The fourth-order valence-corrected chi connectivity index (χ4v) is 1.45. The van der Waals surface area contributed by atoms with E-state index in [0.717, 1.165) is 24.7 Å². The summed E-state index contributed by atoms with van der Waals surface area (Å²) in [5, 5.41) is 0. The topological polar surface area (TPSA) is 38.4 Å². The summed E-state index contributed by atoms with van der Waals surface area (Å²) in [5.74, 6) is 1.65. The van der Waals surface area contributed by atoms with Crippen LogP contribution in [0.25, 0.3) is 0 Å². The molecular weight excluding hydrogens is 196 g/mol. The molecule has 96 valence electrons. The third kappa shape index (κ3) is 13.2. The molecule has 2 heteroatoms. The SMILES string of the molecule is C=CCC(CC)CCC.CCN=C(N)CC. The van der Waals surface area contributed by atoms with Crippen LogP contribution in [0.5, 0.6) is 0 Å². The highest BCUT2D eigenvalue weighted by Gasteiger charge is 2.00. The van der Waals surface area contributed by atoms with Gasteiger partial charge in [-0.25, -0.2) is 0 Å². The predicted octanol–water partition coefficient (Wildman–Crippen LogP) is 4.16. The van der Waals surface area contributed by atoms with Crippen molar-refractivity contribution < 1.29 is 0 Å². The number of nitrogens with zero attached hydrogens (tertiary/aromatic N) is 1. The van der Waals surface area contributed by atoms with E-state index in [0.29, 0.717) is 0 Å². The molecule has 2 nitrogen and oxygen atoms in total. The van der Waals surface area contributed by atoms with Crippen LogP contribution in [-0.4, -0.2) is 12.4 Å². The fourth-order valence-electron chi connectivity index (χ4n) is 1.45. The van der Waals surface area contributed by atoms with E-state index in [1.807, 2.05) is 19.9 Å². The van der Waals surface area contributed by atoms with Gasteiger partial charge in [-0.05, 0) is 19.3 Å². The van der Waals surface area contributed by atoms with Crippen molar-refractivity contribution in [2.24, 2.45) is 16.6 Å². The molecule has 1 unspecified atom stereocenters. The molecule has 0 aromatic carbocycles. The van der Waals surface area contributed by atoms with Gasteiger partial charge in [0, 0.05) is 13.0 Å². The smallest absolute Gasteiger partial charge is 0.0934 e. The maximum Gasteiger partial charge on any atom is 0.0934 e. The monoisotopic (exact) mass is 226 g/mol. The minimum Gasteiger partial charge on any atom is -0.387 e. The lowest BCUT2D eigenvalue weighted by atomic mass is 9.97. The molecule has 0 radical (unpaired) electrons. The van der Waals surface area contributed by atoms with Gasteiger partial charge >= 0.3 is 0 Å². The van der Waals surface area contributed by atoms with Crippen LogP contribution in [0.15, 0.2) is 17.6 Å². The van der Waals surface area contributed by atoms with Gasteiger partial charge in [0.25, 0.3) is 0 Å². The highest BCUT2D eigenvalue weighted by atomic mass is 14.8. The van der Waals surface area contributed by atoms with Crippen LogP contribution in [0.3, 0.4) is 0 Å². The van der Waals surface area contributed by atoms with Crippen LogP contribution in [0, 0.1) is 5.92 Å². The summed E-state index contributed by atoms with van der Waals surface area (Å²) in [6.45, 7) is 13.0. The van der Waals surface area contributed by atoms with Crippen molar-refractivity contribution in [3.05, 3.63) is 12.7 Å². The molecule has 16 heavy (non-hydrogen) atoms. The normalized spacial score (nSPS) is 12.6. The summed E-state index contributed by atoms with van der Waals surface area (Å²) >= 11 is 0. The summed E-state index contributed by atoms with van der Waals surface area (Å²) < 4.78 is 0. The number of hydrogen-bond acceptors (Lipinski definition) is 1. The van der Waals surface area contributed by atoms with Crippen molar-refractivity contribution in [2.45, 2.75) is 59.8 Å². The number of aliphatic imine (C=N–C) groups is 1. The summed E-state index contributed by atoms with van der Waals surface area (Å²) in [5.41, 5.74) is 5.33. The third-order valence-corrected chi connectivity index (χ3v) is 2.50. The zero-order chi connectivity index (χ0) is 12.8. The minimum absolute atomic E-state index is 0.752. The summed E-state index contributed by atoms with van der Waals surface area (Å²) in [7, 11) is 0. The minimum atomic E-state index is 0.752. The molecule has 0 aliphatic carbocycles. The molecule has 0 saturated carbocycles. The van der Waals surface area contributed by atoms with Gasteiger partial charge < -0.3 is 5.73 Å². The summed E-state index contributed by atoms with van der Waals surface area (Å²) in [4.78, 5) is 3.94. The molecule has 2 N–H and O–H groups in total. The molecule has 0 spiro atoms. The molecule has 1 atom stereocenters. The van der Waals surface area contributed by atoms with E-state index < -0.39 is 0 Å². The first-order valence-corrected chi connectivity index (χ1v) is 6.55. The molecule has 0 aliphatic rings. The van der Waals surface area contributed by atoms with E-state index in [9.17, 15) is 0 Å². The molecule has 0 fully saturated rings. The Morgan fingerprint density at radius 2 is 1.94 bits per heavy atom. The Bertz CT molecular complexity index is 174. The van der Waals surface area contributed by atoms with Gasteiger partial charge in [0.05, 0.1) is 5.84 Å². The van der Waals surface area contributed by atoms with Crippen molar-refractivity contribution >= 4 is 5.84 Å². The highest BCUT2D eigenvalue weighted by molar-refractivity contribution is 5.79. The van der Waals surface area contributed by atoms with Crippen LogP contribution in [-0.2, 0) is 0 Å². The fraction of sp³-hybridized carbons (Fsp3) is 0.786. The van der Waals surface area contributed by atoms with Gasteiger partial charge in [-0.15, -0.1) is 6.58 Å². The zero-order valence-electron chi connectivity index (χ0n) is 11.6. The van der Waals surface area contributed by atoms with Gasteiger partial charge in [0.1, 0.15) is 0 Å². The lowest BCUT2D eigenvalue weighted by molar-refractivity contribution is 0.470. The second-order valence-corrected chi connectivity index (χ2v) is 3.91. The van der Waals surface area contributed by atoms with Crippen LogP contribution in [0.1, 0.15) is 59.8 Å². The average Bonchev–Trinajstić information content (AvgIpc) is 2.30. The molecule has 0 bridgehead atoms. The first-order chi connectivity index (χ1) is 7.65. The van der Waals surface area contributed by atoms with E-state index in [2.05, 4.69) is 25.4 Å². The second-order valence-electron chi connectivity index (χ2n) is 3.91. The van der Waals surface area contributed by atoms with Crippen LogP contribution in [0.4, 0.5) is 0 Å². The number of hydrogen-bond donors (Lipinski definition) is 1. The summed E-state index contributed by atoms with van der Waals surface area (Å²) in [6, 6.07) is 0. The van der Waals surface area contributed by atoms with E-state index >= 15 is 0 Å². The largest absolute Gasteiger partial charge is 0.387 e. The van der Waals surface area contributed by atoms with Crippen molar-refractivity contribution in [1.29, 1.82) is 0 Å². The van der Waals surface area contributed by atoms with Crippen LogP contribution in [0.2, 0.25) is 0 Å². The zero-order valence-corrected chi connectivity index (χ0v) is 11.6. The average molecular weight is 226 g/mol. The van der Waals surface area contributed by atoms with Crippen molar-refractivity contribution in [2.75, 3.05) is 6.54 Å². The van der Waals surface area contributed by atoms with Crippen molar-refractivity contribution in [3.8, 4) is 0 Å². The van der Waals surface area contributed by atoms with Gasteiger partial charge in [-0.1, -0.05) is 46.1 Å². The van der Waals surface area contributed by atoms with E-state index in [1.165, 1.54) is 25.7 Å². The van der Waals surface area contributed by atoms with Gasteiger partial charge in [0.15, 0.2) is 0 Å². The molecule has 0 amide bonds. The molecule has 0 rings (SSSR count). The Hall–Kier alpha value is -0.790. The Labute approximate surface area is 102 Å². The Balaban J connectivity index is 0. The maximum atomic E-state index is 5.33. The van der Waals surface area contributed by atoms with E-state index in [4.69, 9.17) is 5.73 Å². The van der Waals surface area contributed by atoms with Crippen molar-refractivity contribution in [3.63, 3.8) is 0 Å². The molecule has 0 aliphatic heterocycles. The molecule has 0 heterocycles. The van der Waals surface area contributed by atoms with Crippen molar-refractivity contribution in [1.82, 2.24) is 0 Å². The molecule has 0 saturated heterocycles. The number of allylic oxidation sites excluding steroid dienone is 1. The van der Waals surface area contributed by atoms with Gasteiger partial charge in [-0.3, -0.25) is 4.99 Å². The van der Waals surface area contributed by atoms with E-state index in [1.54, 1.807) is 0 Å². The Kier molecular flexibility index (Phi) is 15.6. The standard InChI is InChI=1S/C9H18.C5H12N2/c1-4-7-9(6-3)8-5-2;1-3-5(6)7-4-2/h4,9H,1,5-8H2,2-3H3;3-4H2,1-2H3,(H2,6,7). The predicted molar refractivity (Wildman–Crippen MR) is 76.0 cm³/mol. The van der Waals surface area contributed by atoms with Crippen LogP contribution < -0.4 is 5.73 Å². The lowest BCUT2D eigenvalue weighted by Gasteiger charge is -2.09. The first kappa shape index (κ1) is 17.6. The maximum absolute atomic E-state index is 5.33. The Morgan fingerprint density at radius 1 is 1.31 bits per heavy atom. The third-order valence-electron chi connectivity index (χ3n) is 2.50. The first-order valence-electron chi connectivity index (χ1n) is 6.55. The van der Waals surface area contributed by atoms with Crippen LogP contribution >= 0.6 is 0 Å². The highest BCUT2D eigenvalue weighted by Crippen LogP contribution is 2.14. The van der Waals surface area contributed by atoms with E-state index in [-0.39, 0.29) is 0 Å². The quantitative estimate of drug-likeness (QED) is 0.395. The molecule has 0 aromatic heterocycles. The summed E-state index contributed by atoms with van der Waals surface area (Å²) in [6.07, 6.45) is 8.08. The molecule has 0 aromatic rings. The Morgan fingerprint density at radius 3 is 2.19 bits per heavy atom. The number of nitrogens with two attached hydrogens (primary N) is 1. The second kappa shape index (κ2) is 14.2. The van der Waals surface area contributed by atoms with Gasteiger partial charge in [0.2, 0.25) is 0 Å². The lowest BCUT2D eigenvalue weighted by Crippen LogP contribution is -2.09. The molecular formula is C14H30N2.